The molecule has 0 aliphatic carbocycles. The van der Waals surface area contributed by atoms with E-state index < -0.39 is 0 Å². The summed E-state index contributed by atoms with van der Waals surface area (Å²) < 4.78 is 0. The maximum Gasteiger partial charge on any atom is 0.0894 e. The van der Waals surface area contributed by atoms with Crippen LogP contribution < -0.4 is 11.3 Å². The fourth-order valence-corrected chi connectivity index (χ4v) is 3.20. The Morgan fingerprint density at radius 2 is 2.14 bits per heavy atom. The van der Waals surface area contributed by atoms with Gasteiger partial charge in [0.25, 0.3) is 0 Å². The molecule has 3 N–H and O–H groups in total. The van der Waals surface area contributed by atoms with Crippen LogP contribution in [-0.4, -0.2) is 0 Å². The smallest absolute Gasteiger partial charge is 0.0894 e. The van der Waals surface area contributed by atoms with Crippen molar-refractivity contribution in [3.8, 4) is 0 Å². The fraction of sp³-hybridized carbons (Fsp3) is 0.200. The van der Waals surface area contributed by atoms with Gasteiger partial charge in [-0.25, -0.2) is 5.43 Å². The lowest BCUT2D eigenvalue weighted by molar-refractivity contribution is 0.656. The van der Waals surface area contributed by atoms with Crippen LogP contribution in [0.25, 0.3) is 0 Å². The summed E-state index contributed by atoms with van der Waals surface area (Å²) in [6, 6.07) is 8.55. The molecule has 2 nitrogen and oxygen atoms in total. The molecule has 0 saturated heterocycles. The van der Waals surface area contributed by atoms with Crippen molar-refractivity contribution in [2.24, 2.45) is 5.84 Å². The lowest BCUT2D eigenvalue weighted by atomic mass is 10.2. The molecule has 4 heteroatoms. The zero-order valence-electron chi connectivity index (χ0n) is 7.86. The zero-order valence-corrected chi connectivity index (χ0v) is 9.49. The van der Waals surface area contributed by atoms with Gasteiger partial charge in [0, 0.05) is 14.6 Å². The lowest BCUT2D eigenvalue weighted by Crippen LogP contribution is -2.27. The predicted molar refractivity (Wildman–Crippen MR) is 62.5 cm³/mol. The van der Waals surface area contributed by atoms with Gasteiger partial charge in [0.05, 0.1) is 6.04 Å². The van der Waals surface area contributed by atoms with Crippen LogP contribution in [-0.2, 0) is 0 Å². The Kier molecular flexibility index (Phi) is 2.98. The molecule has 0 radical (unpaired) electrons. The van der Waals surface area contributed by atoms with Gasteiger partial charge in [-0.2, -0.15) is 0 Å². The third-order valence-corrected chi connectivity index (χ3v) is 4.04. The van der Waals surface area contributed by atoms with E-state index in [1.807, 2.05) is 6.07 Å². The molecule has 2 aromatic heterocycles. The van der Waals surface area contributed by atoms with Crippen molar-refractivity contribution in [3.05, 3.63) is 44.3 Å². The summed E-state index contributed by atoms with van der Waals surface area (Å²) in [5.74, 6) is 5.57. The number of hydrogen-bond acceptors (Lipinski definition) is 4. The number of hydrazine groups is 1. The van der Waals surface area contributed by atoms with Crippen LogP contribution in [0.4, 0.5) is 0 Å². The van der Waals surface area contributed by atoms with E-state index in [0.29, 0.717) is 0 Å². The standard InChI is InChI=1S/C10H12N2S2/c1-7-4-5-9(14-7)10(12-11)8-3-2-6-13-8/h2-6,10,12H,11H2,1H3. The van der Waals surface area contributed by atoms with Gasteiger partial charge in [0.1, 0.15) is 0 Å². The summed E-state index contributed by atoms with van der Waals surface area (Å²) in [5.41, 5.74) is 2.85. The first-order valence-electron chi connectivity index (χ1n) is 4.37. The van der Waals surface area contributed by atoms with Crippen LogP contribution in [0.15, 0.2) is 29.6 Å². The van der Waals surface area contributed by atoms with E-state index in [2.05, 4.69) is 35.9 Å². The van der Waals surface area contributed by atoms with Crippen molar-refractivity contribution in [1.82, 2.24) is 5.43 Å². The van der Waals surface area contributed by atoms with Gasteiger partial charge < -0.3 is 0 Å². The second-order valence-corrected chi connectivity index (χ2v) is 5.36. The van der Waals surface area contributed by atoms with Gasteiger partial charge >= 0.3 is 0 Å². The van der Waals surface area contributed by atoms with E-state index in [-0.39, 0.29) is 6.04 Å². The predicted octanol–water partition coefficient (Wildman–Crippen LogP) is 2.67. The Hall–Kier alpha value is -0.680. The minimum absolute atomic E-state index is 0.147. The van der Waals surface area contributed by atoms with Crippen LogP contribution in [0, 0.1) is 6.92 Å². The molecule has 0 spiro atoms. The van der Waals surface area contributed by atoms with E-state index in [1.54, 1.807) is 22.7 Å². The number of aryl methyl sites for hydroxylation is 1. The maximum atomic E-state index is 5.57. The van der Waals surface area contributed by atoms with Crippen LogP contribution >= 0.6 is 22.7 Å². The molecular weight excluding hydrogens is 212 g/mol. The van der Waals surface area contributed by atoms with Crippen molar-refractivity contribution in [3.63, 3.8) is 0 Å². The Labute approximate surface area is 91.4 Å². The highest BCUT2D eigenvalue weighted by atomic mass is 32.1. The van der Waals surface area contributed by atoms with Crippen LogP contribution in [0.5, 0.6) is 0 Å². The molecule has 2 aromatic rings. The highest BCUT2D eigenvalue weighted by molar-refractivity contribution is 7.12. The largest absolute Gasteiger partial charge is 0.271 e. The van der Waals surface area contributed by atoms with Gasteiger partial charge in [-0.15, -0.1) is 22.7 Å². The number of thiophene rings is 2. The molecule has 0 aliphatic rings. The van der Waals surface area contributed by atoms with Gasteiger partial charge in [-0.05, 0) is 30.5 Å². The molecule has 1 atom stereocenters. The first-order valence-corrected chi connectivity index (χ1v) is 6.06. The van der Waals surface area contributed by atoms with Crippen molar-refractivity contribution in [1.29, 1.82) is 0 Å². The first kappa shape index (κ1) is 9.86. The molecule has 0 bridgehead atoms. The second-order valence-electron chi connectivity index (χ2n) is 3.06. The highest BCUT2D eigenvalue weighted by Gasteiger charge is 2.14. The van der Waals surface area contributed by atoms with Gasteiger partial charge in [0.2, 0.25) is 0 Å². The third kappa shape index (κ3) is 1.88. The molecule has 0 saturated carbocycles. The Balaban J connectivity index is 2.31. The number of nitrogens with one attached hydrogen (secondary N) is 1. The minimum atomic E-state index is 0.147. The molecule has 14 heavy (non-hydrogen) atoms. The van der Waals surface area contributed by atoms with E-state index in [1.165, 1.54) is 14.6 Å². The van der Waals surface area contributed by atoms with E-state index in [9.17, 15) is 0 Å². The van der Waals surface area contributed by atoms with Crippen LogP contribution in [0.2, 0.25) is 0 Å². The van der Waals surface area contributed by atoms with Gasteiger partial charge in [-0.3, -0.25) is 5.84 Å². The average molecular weight is 224 g/mol. The molecule has 0 amide bonds. The van der Waals surface area contributed by atoms with Gasteiger partial charge in [0.15, 0.2) is 0 Å². The summed E-state index contributed by atoms with van der Waals surface area (Å²) >= 11 is 3.51. The quantitative estimate of drug-likeness (QED) is 0.621. The normalized spacial score (nSPS) is 13.0. The molecular formula is C10H12N2S2. The summed E-state index contributed by atoms with van der Waals surface area (Å²) in [7, 11) is 0. The Morgan fingerprint density at radius 1 is 1.29 bits per heavy atom. The first-order chi connectivity index (χ1) is 6.81. The Bertz CT molecular complexity index is 392. The van der Waals surface area contributed by atoms with Crippen LogP contribution in [0.1, 0.15) is 20.7 Å². The summed E-state index contributed by atoms with van der Waals surface area (Å²) in [5, 5.41) is 2.07. The third-order valence-electron chi connectivity index (χ3n) is 2.04. The monoisotopic (exact) mass is 224 g/mol. The number of hydrogen-bond donors (Lipinski definition) is 2. The van der Waals surface area contributed by atoms with Crippen molar-refractivity contribution in [2.75, 3.05) is 0 Å². The SMILES string of the molecule is Cc1ccc(C(NN)c2cccs2)s1. The second kappa shape index (κ2) is 4.23. The molecule has 74 valence electrons. The van der Waals surface area contributed by atoms with E-state index in [4.69, 9.17) is 5.84 Å². The zero-order chi connectivity index (χ0) is 9.97. The topological polar surface area (TPSA) is 38.0 Å². The number of nitrogens with two attached hydrogens (primary N) is 1. The summed E-state index contributed by atoms with van der Waals surface area (Å²) in [4.78, 5) is 3.85. The summed E-state index contributed by atoms with van der Waals surface area (Å²) in [6.07, 6.45) is 0. The van der Waals surface area contributed by atoms with Crippen molar-refractivity contribution in [2.45, 2.75) is 13.0 Å². The maximum absolute atomic E-state index is 5.57. The highest BCUT2D eigenvalue weighted by Crippen LogP contribution is 2.29. The molecule has 1 unspecified atom stereocenters. The molecule has 0 aliphatic heterocycles. The minimum Gasteiger partial charge on any atom is -0.271 e. The Morgan fingerprint density at radius 3 is 2.64 bits per heavy atom. The van der Waals surface area contributed by atoms with E-state index >= 15 is 0 Å². The molecule has 2 heterocycles. The number of rotatable bonds is 3. The van der Waals surface area contributed by atoms with E-state index in [0.717, 1.165) is 0 Å². The molecule has 0 aromatic carbocycles. The fourth-order valence-electron chi connectivity index (χ4n) is 1.37. The van der Waals surface area contributed by atoms with Crippen LogP contribution in [0.3, 0.4) is 0 Å². The lowest BCUT2D eigenvalue weighted by Gasteiger charge is -2.11. The van der Waals surface area contributed by atoms with Gasteiger partial charge in [-0.1, -0.05) is 6.07 Å². The molecule has 2 rings (SSSR count). The van der Waals surface area contributed by atoms with Crippen molar-refractivity contribution < 1.29 is 0 Å². The average Bonchev–Trinajstić information content (AvgIpc) is 2.79. The summed E-state index contributed by atoms with van der Waals surface area (Å²) in [6.45, 7) is 2.11. The van der Waals surface area contributed by atoms with Crippen molar-refractivity contribution >= 4 is 22.7 Å². The molecule has 0 fully saturated rings.